The molecule has 1 aliphatic rings. The molecule has 20 heavy (non-hydrogen) atoms. The fraction of sp³-hybridized carbons (Fsp3) is 0.647. The zero-order chi connectivity index (χ0) is 15.2. The molecule has 0 N–H and O–H groups in total. The first-order valence-corrected chi connectivity index (χ1v) is 7.44. The molecule has 0 spiro atoms. The summed E-state index contributed by atoms with van der Waals surface area (Å²) in [6, 6.07) is 0. The third kappa shape index (κ3) is 5.72. The van der Waals surface area contributed by atoms with Crippen LogP contribution < -0.4 is 0 Å². The van der Waals surface area contributed by atoms with Gasteiger partial charge in [-0.15, -0.1) is 0 Å². The van der Waals surface area contributed by atoms with Crippen molar-refractivity contribution in [2.45, 2.75) is 65.4 Å². The van der Waals surface area contributed by atoms with Crippen molar-refractivity contribution in [2.24, 2.45) is 5.92 Å². The van der Waals surface area contributed by atoms with E-state index in [1.807, 2.05) is 32.9 Å². The molecule has 0 aromatic rings. The van der Waals surface area contributed by atoms with Crippen molar-refractivity contribution >= 4 is 11.8 Å². The molecule has 1 aliphatic carbocycles. The fourth-order valence-corrected chi connectivity index (χ4v) is 2.26. The van der Waals surface area contributed by atoms with Crippen LogP contribution in [-0.2, 0) is 14.3 Å². The number of esters is 1. The number of carbonyl (C=O) groups excluding carboxylic acids is 2. The zero-order valence-corrected chi connectivity index (χ0v) is 13.1. The number of hydrogen-bond acceptors (Lipinski definition) is 3. The van der Waals surface area contributed by atoms with E-state index >= 15 is 0 Å². The average Bonchev–Trinajstić information content (AvgIpc) is 2.32. The van der Waals surface area contributed by atoms with E-state index in [0.29, 0.717) is 12.8 Å². The number of rotatable bonds is 5. The molecule has 0 radical (unpaired) electrons. The van der Waals surface area contributed by atoms with Gasteiger partial charge in [-0.2, -0.15) is 0 Å². The second-order valence-corrected chi connectivity index (χ2v) is 6.24. The summed E-state index contributed by atoms with van der Waals surface area (Å²) in [5.41, 5.74) is 0.430. The topological polar surface area (TPSA) is 43.4 Å². The number of hydrogen-bond donors (Lipinski definition) is 0. The highest BCUT2D eigenvalue weighted by Gasteiger charge is 2.28. The van der Waals surface area contributed by atoms with Crippen molar-refractivity contribution in [2.75, 3.05) is 0 Å². The van der Waals surface area contributed by atoms with E-state index in [-0.39, 0.29) is 17.7 Å². The van der Waals surface area contributed by atoms with Crippen LogP contribution in [0.3, 0.4) is 0 Å². The Labute approximate surface area is 122 Å². The summed E-state index contributed by atoms with van der Waals surface area (Å²) in [5, 5.41) is 0. The largest absolute Gasteiger partial charge is 0.459 e. The van der Waals surface area contributed by atoms with E-state index < -0.39 is 5.60 Å². The third-order valence-electron chi connectivity index (χ3n) is 3.15. The van der Waals surface area contributed by atoms with Crippen molar-refractivity contribution < 1.29 is 14.3 Å². The van der Waals surface area contributed by atoms with E-state index in [9.17, 15) is 9.59 Å². The van der Waals surface area contributed by atoms with Crippen LogP contribution in [0.2, 0.25) is 0 Å². The molecule has 0 bridgehead atoms. The highest BCUT2D eigenvalue weighted by molar-refractivity contribution is 5.92. The van der Waals surface area contributed by atoms with Gasteiger partial charge >= 0.3 is 5.97 Å². The molecule has 112 valence electrons. The van der Waals surface area contributed by atoms with Gasteiger partial charge in [0.1, 0.15) is 5.60 Å². The van der Waals surface area contributed by atoms with E-state index in [1.54, 1.807) is 6.08 Å². The van der Waals surface area contributed by atoms with Gasteiger partial charge in [-0.25, -0.2) is 0 Å². The van der Waals surface area contributed by atoms with Gasteiger partial charge < -0.3 is 4.74 Å². The van der Waals surface area contributed by atoms with Gasteiger partial charge in [-0.05, 0) is 52.5 Å². The summed E-state index contributed by atoms with van der Waals surface area (Å²) in [7, 11) is 0. The van der Waals surface area contributed by atoms with Crippen molar-refractivity contribution in [1.29, 1.82) is 0 Å². The molecule has 0 aromatic carbocycles. The molecule has 0 aliphatic heterocycles. The lowest BCUT2D eigenvalue weighted by molar-refractivity contribution is -0.158. The Morgan fingerprint density at radius 2 is 2.05 bits per heavy atom. The Kier molecular flexibility index (Phi) is 6.18. The Morgan fingerprint density at radius 3 is 2.60 bits per heavy atom. The van der Waals surface area contributed by atoms with Crippen LogP contribution in [-0.4, -0.2) is 17.4 Å². The SMILES string of the molecule is CC/C=C/CC(C(=O)OC(C)(C)C)C1=CC(=O)CCC1. The Morgan fingerprint density at radius 1 is 1.35 bits per heavy atom. The number of carbonyl (C=O) groups is 2. The molecule has 0 amide bonds. The van der Waals surface area contributed by atoms with E-state index in [4.69, 9.17) is 4.74 Å². The third-order valence-corrected chi connectivity index (χ3v) is 3.15. The van der Waals surface area contributed by atoms with Gasteiger partial charge in [0.25, 0.3) is 0 Å². The lowest BCUT2D eigenvalue weighted by Crippen LogP contribution is -2.30. The van der Waals surface area contributed by atoms with Gasteiger partial charge in [-0.1, -0.05) is 24.6 Å². The first kappa shape index (κ1) is 16.7. The average molecular weight is 278 g/mol. The first-order valence-electron chi connectivity index (χ1n) is 7.44. The van der Waals surface area contributed by atoms with Crippen molar-refractivity contribution in [3.8, 4) is 0 Å². The van der Waals surface area contributed by atoms with Crippen molar-refractivity contribution in [1.82, 2.24) is 0 Å². The van der Waals surface area contributed by atoms with E-state index in [2.05, 4.69) is 6.92 Å². The quantitative estimate of drug-likeness (QED) is 0.564. The van der Waals surface area contributed by atoms with Crippen LogP contribution >= 0.6 is 0 Å². The summed E-state index contributed by atoms with van der Waals surface area (Å²) >= 11 is 0. The molecule has 0 fully saturated rings. The van der Waals surface area contributed by atoms with Crippen molar-refractivity contribution in [3.63, 3.8) is 0 Å². The molecule has 3 nitrogen and oxygen atoms in total. The summed E-state index contributed by atoms with van der Waals surface area (Å²) in [6.45, 7) is 7.65. The Balaban J connectivity index is 2.87. The van der Waals surface area contributed by atoms with Crippen LogP contribution in [0.25, 0.3) is 0 Å². The molecule has 1 unspecified atom stereocenters. The zero-order valence-electron chi connectivity index (χ0n) is 13.1. The van der Waals surface area contributed by atoms with Crippen LogP contribution in [0.4, 0.5) is 0 Å². The minimum atomic E-state index is -0.497. The molecule has 1 rings (SSSR count). The first-order chi connectivity index (χ1) is 9.33. The monoisotopic (exact) mass is 278 g/mol. The molecular formula is C17H26O3. The number of ether oxygens (including phenoxy) is 1. The molecule has 1 atom stereocenters. The van der Waals surface area contributed by atoms with Gasteiger partial charge in [0.05, 0.1) is 5.92 Å². The molecule has 0 heterocycles. The lowest BCUT2D eigenvalue weighted by atomic mass is 9.86. The molecule has 3 heteroatoms. The predicted octanol–water partition coefficient (Wildman–Crippen LogP) is 3.98. The van der Waals surface area contributed by atoms with Gasteiger partial charge in [0.15, 0.2) is 5.78 Å². The van der Waals surface area contributed by atoms with Crippen LogP contribution in [0, 0.1) is 5.92 Å². The summed E-state index contributed by atoms with van der Waals surface area (Å²) in [6.07, 6.45) is 9.50. The minimum absolute atomic E-state index is 0.124. The minimum Gasteiger partial charge on any atom is -0.459 e. The molecular weight excluding hydrogens is 252 g/mol. The molecule has 0 aromatic heterocycles. The standard InChI is InChI=1S/C17H26O3/c1-5-6-7-11-15(16(19)20-17(2,3)4)13-9-8-10-14(18)12-13/h6-7,12,15H,5,8-11H2,1-4H3/b7-6+. The second-order valence-electron chi connectivity index (χ2n) is 6.24. The fourth-order valence-electron chi connectivity index (χ4n) is 2.26. The van der Waals surface area contributed by atoms with Crippen molar-refractivity contribution in [3.05, 3.63) is 23.8 Å². The Bertz CT molecular complexity index is 410. The van der Waals surface area contributed by atoms with Gasteiger partial charge in [-0.3, -0.25) is 9.59 Å². The van der Waals surface area contributed by atoms with Crippen LogP contribution in [0.1, 0.15) is 59.8 Å². The summed E-state index contributed by atoms with van der Waals surface area (Å²) in [5.74, 6) is -0.417. The summed E-state index contributed by atoms with van der Waals surface area (Å²) < 4.78 is 5.49. The van der Waals surface area contributed by atoms with Gasteiger partial charge in [0, 0.05) is 6.42 Å². The maximum absolute atomic E-state index is 12.4. The normalized spacial score (nSPS) is 18.0. The van der Waals surface area contributed by atoms with Crippen LogP contribution in [0.5, 0.6) is 0 Å². The number of ketones is 1. The molecule has 0 saturated heterocycles. The smallest absolute Gasteiger partial charge is 0.313 e. The predicted molar refractivity (Wildman–Crippen MR) is 80.3 cm³/mol. The number of allylic oxidation sites excluding steroid dienone is 3. The summed E-state index contributed by atoms with van der Waals surface area (Å²) in [4.78, 5) is 23.9. The lowest BCUT2D eigenvalue weighted by Gasteiger charge is -2.26. The Hall–Kier alpha value is -1.38. The highest BCUT2D eigenvalue weighted by atomic mass is 16.6. The van der Waals surface area contributed by atoms with Gasteiger partial charge in [0.2, 0.25) is 0 Å². The van der Waals surface area contributed by atoms with Crippen LogP contribution in [0.15, 0.2) is 23.8 Å². The molecule has 0 saturated carbocycles. The second kappa shape index (κ2) is 7.41. The van der Waals surface area contributed by atoms with E-state index in [0.717, 1.165) is 24.8 Å². The highest BCUT2D eigenvalue weighted by Crippen LogP contribution is 2.28. The maximum Gasteiger partial charge on any atom is 0.313 e. The maximum atomic E-state index is 12.4. The van der Waals surface area contributed by atoms with E-state index in [1.165, 1.54) is 0 Å².